The SMILES string of the molecule is COc1ccc(-n2c(C)cc([C@H]3[C@H](c4ccccn4)NC(=S)N3c3ccc(OC)c(Cl)c3)c2C)cc1. The number of thiocarbonyl (C=S) groups is 1. The minimum atomic E-state index is -0.149. The van der Waals surface area contributed by atoms with Crippen LogP contribution < -0.4 is 19.7 Å². The van der Waals surface area contributed by atoms with E-state index in [9.17, 15) is 0 Å². The van der Waals surface area contributed by atoms with Crippen LogP contribution in [0.4, 0.5) is 5.69 Å². The van der Waals surface area contributed by atoms with Crippen LogP contribution in [0.5, 0.6) is 11.5 Å². The number of pyridine rings is 1. The van der Waals surface area contributed by atoms with Gasteiger partial charge >= 0.3 is 0 Å². The summed E-state index contributed by atoms with van der Waals surface area (Å²) in [7, 11) is 3.28. The number of nitrogens with one attached hydrogen (secondary N) is 1. The number of rotatable bonds is 6. The van der Waals surface area contributed by atoms with Crippen molar-refractivity contribution >= 4 is 34.6 Å². The topological polar surface area (TPSA) is 51.5 Å². The van der Waals surface area contributed by atoms with E-state index < -0.39 is 0 Å². The third-order valence-electron chi connectivity index (χ3n) is 6.63. The molecule has 0 radical (unpaired) electrons. The first-order valence-electron chi connectivity index (χ1n) is 11.6. The monoisotopic (exact) mass is 518 g/mol. The van der Waals surface area contributed by atoms with Gasteiger partial charge in [0.05, 0.1) is 37.0 Å². The lowest BCUT2D eigenvalue weighted by atomic mass is 9.96. The van der Waals surface area contributed by atoms with Crippen LogP contribution in [-0.2, 0) is 0 Å². The second-order valence-electron chi connectivity index (χ2n) is 8.68. The number of ether oxygens (including phenoxy) is 2. The lowest BCUT2D eigenvalue weighted by Gasteiger charge is -2.28. The molecule has 2 atom stereocenters. The molecular formula is C28H27ClN4O2S. The van der Waals surface area contributed by atoms with E-state index in [0.717, 1.165) is 39.8 Å². The summed E-state index contributed by atoms with van der Waals surface area (Å²) < 4.78 is 13.0. The molecule has 1 aliphatic rings. The van der Waals surface area contributed by atoms with E-state index in [1.807, 2.05) is 54.7 Å². The van der Waals surface area contributed by atoms with Gasteiger partial charge in [-0.25, -0.2) is 0 Å². The van der Waals surface area contributed by atoms with E-state index >= 15 is 0 Å². The molecule has 36 heavy (non-hydrogen) atoms. The number of aromatic nitrogens is 2. The number of hydrogen-bond acceptors (Lipinski definition) is 4. The predicted octanol–water partition coefficient (Wildman–Crippen LogP) is 6.34. The Morgan fingerprint density at radius 2 is 1.69 bits per heavy atom. The molecule has 2 aromatic heterocycles. The number of aryl methyl sites for hydroxylation is 1. The molecule has 5 rings (SSSR count). The number of halogens is 1. The number of hydrogen-bond donors (Lipinski definition) is 1. The molecule has 4 aromatic rings. The second kappa shape index (κ2) is 9.84. The Morgan fingerprint density at radius 1 is 0.944 bits per heavy atom. The molecule has 2 aromatic carbocycles. The number of benzene rings is 2. The van der Waals surface area contributed by atoms with Gasteiger partial charge in [0.2, 0.25) is 0 Å². The van der Waals surface area contributed by atoms with Gasteiger partial charge in [-0.2, -0.15) is 0 Å². The number of nitrogens with zero attached hydrogens (tertiary/aromatic N) is 3. The molecular weight excluding hydrogens is 492 g/mol. The summed E-state index contributed by atoms with van der Waals surface area (Å²) in [6.45, 7) is 4.26. The molecule has 0 spiro atoms. The fourth-order valence-corrected chi connectivity index (χ4v) is 5.57. The van der Waals surface area contributed by atoms with E-state index in [2.05, 4.69) is 51.8 Å². The minimum Gasteiger partial charge on any atom is -0.497 e. The van der Waals surface area contributed by atoms with Crippen molar-refractivity contribution in [3.63, 3.8) is 0 Å². The highest BCUT2D eigenvalue weighted by Crippen LogP contribution is 2.45. The van der Waals surface area contributed by atoms with Crippen molar-refractivity contribution in [2.24, 2.45) is 0 Å². The lowest BCUT2D eigenvalue weighted by Crippen LogP contribution is -2.29. The fourth-order valence-electron chi connectivity index (χ4n) is 4.97. The van der Waals surface area contributed by atoms with Crippen LogP contribution in [0.25, 0.3) is 5.69 Å². The van der Waals surface area contributed by atoms with E-state index in [-0.39, 0.29) is 12.1 Å². The van der Waals surface area contributed by atoms with Crippen LogP contribution in [0.2, 0.25) is 5.02 Å². The Bertz CT molecular complexity index is 1410. The van der Waals surface area contributed by atoms with Crippen molar-refractivity contribution in [2.75, 3.05) is 19.1 Å². The molecule has 6 nitrogen and oxygen atoms in total. The molecule has 3 heterocycles. The molecule has 1 aliphatic heterocycles. The Labute approximate surface area is 221 Å². The Hall–Kier alpha value is -3.55. The summed E-state index contributed by atoms with van der Waals surface area (Å²) in [5, 5.41) is 4.67. The van der Waals surface area contributed by atoms with Crippen LogP contribution in [0.15, 0.2) is 72.9 Å². The normalized spacial score (nSPS) is 17.2. The van der Waals surface area contributed by atoms with Gasteiger partial charge in [-0.1, -0.05) is 17.7 Å². The summed E-state index contributed by atoms with van der Waals surface area (Å²) in [4.78, 5) is 6.79. The van der Waals surface area contributed by atoms with Crippen molar-refractivity contribution < 1.29 is 9.47 Å². The molecule has 184 valence electrons. The number of methoxy groups -OCH3 is 2. The van der Waals surface area contributed by atoms with Gasteiger partial charge in [0.25, 0.3) is 0 Å². The molecule has 0 amide bonds. The fraction of sp³-hybridized carbons (Fsp3) is 0.214. The summed E-state index contributed by atoms with van der Waals surface area (Å²) in [6.07, 6.45) is 1.81. The van der Waals surface area contributed by atoms with Crippen molar-refractivity contribution in [3.05, 3.63) is 101 Å². The van der Waals surface area contributed by atoms with Gasteiger partial charge in [-0.15, -0.1) is 0 Å². The highest BCUT2D eigenvalue weighted by atomic mass is 35.5. The zero-order chi connectivity index (χ0) is 25.4. The third-order valence-corrected chi connectivity index (χ3v) is 7.24. The zero-order valence-corrected chi connectivity index (χ0v) is 22.1. The highest BCUT2D eigenvalue weighted by Gasteiger charge is 2.42. The van der Waals surface area contributed by atoms with Crippen molar-refractivity contribution in [1.82, 2.24) is 14.9 Å². The Morgan fingerprint density at radius 3 is 2.33 bits per heavy atom. The Kier molecular flexibility index (Phi) is 6.60. The summed E-state index contributed by atoms with van der Waals surface area (Å²) in [6, 6.07) is 21.7. The van der Waals surface area contributed by atoms with Crippen LogP contribution >= 0.6 is 23.8 Å². The molecule has 1 saturated heterocycles. The summed E-state index contributed by atoms with van der Waals surface area (Å²) in [5.74, 6) is 1.44. The van der Waals surface area contributed by atoms with Crippen LogP contribution in [0.1, 0.15) is 34.7 Å². The van der Waals surface area contributed by atoms with E-state index in [1.54, 1.807) is 14.2 Å². The molecule has 0 aliphatic carbocycles. The quantitative estimate of drug-likeness (QED) is 0.301. The maximum Gasteiger partial charge on any atom is 0.174 e. The zero-order valence-electron chi connectivity index (χ0n) is 20.5. The standard InChI is InChI=1S/C28H27ClN4O2S/c1-17-15-22(18(2)32(17)19-8-11-21(34-3)12-9-19)27-26(24-7-5-6-14-30-24)31-28(36)33(27)20-10-13-25(35-4)23(29)16-20/h5-16,26-27H,1-4H3,(H,31,36)/t26-,27-/m0/s1. The average Bonchev–Trinajstić information content (AvgIpc) is 3.39. The largest absolute Gasteiger partial charge is 0.497 e. The first-order valence-corrected chi connectivity index (χ1v) is 12.4. The molecule has 0 saturated carbocycles. The van der Waals surface area contributed by atoms with Crippen LogP contribution in [0, 0.1) is 13.8 Å². The highest BCUT2D eigenvalue weighted by molar-refractivity contribution is 7.80. The van der Waals surface area contributed by atoms with Crippen molar-refractivity contribution in [2.45, 2.75) is 25.9 Å². The van der Waals surface area contributed by atoms with Crippen molar-refractivity contribution in [3.8, 4) is 17.2 Å². The van der Waals surface area contributed by atoms with Gasteiger partial charge in [0.1, 0.15) is 11.5 Å². The predicted molar refractivity (Wildman–Crippen MR) is 148 cm³/mol. The average molecular weight is 519 g/mol. The second-order valence-corrected chi connectivity index (χ2v) is 9.47. The van der Waals surface area contributed by atoms with Gasteiger partial charge in [0, 0.05) is 29.0 Å². The smallest absolute Gasteiger partial charge is 0.174 e. The maximum absolute atomic E-state index is 6.53. The van der Waals surface area contributed by atoms with Gasteiger partial charge < -0.3 is 24.3 Å². The first kappa shape index (κ1) is 24.2. The molecule has 1 fully saturated rings. The van der Waals surface area contributed by atoms with E-state index in [0.29, 0.717) is 15.9 Å². The lowest BCUT2D eigenvalue weighted by molar-refractivity contribution is 0.414. The molecule has 1 N–H and O–H groups in total. The molecule has 0 unspecified atom stereocenters. The molecule has 0 bridgehead atoms. The van der Waals surface area contributed by atoms with E-state index in [4.69, 9.17) is 33.3 Å². The third kappa shape index (κ3) is 4.18. The summed E-state index contributed by atoms with van der Waals surface area (Å²) >= 11 is 12.4. The minimum absolute atomic E-state index is 0.143. The van der Waals surface area contributed by atoms with E-state index in [1.165, 1.54) is 0 Å². The molecule has 8 heteroatoms. The van der Waals surface area contributed by atoms with Gasteiger partial charge in [-0.05, 0) is 92.3 Å². The van der Waals surface area contributed by atoms with Crippen LogP contribution in [-0.4, -0.2) is 28.9 Å². The van der Waals surface area contributed by atoms with Crippen molar-refractivity contribution in [1.29, 1.82) is 0 Å². The van der Waals surface area contributed by atoms with Crippen LogP contribution in [0.3, 0.4) is 0 Å². The maximum atomic E-state index is 6.53. The Balaban J connectivity index is 1.66. The van der Waals surface area contributed by atoms with Gasteiger partial charge in [0.15, 0.2) is 5.11 Å². The van der Waals surface area contributed by atoms with Gasteiger partial charge in [-0.3, -0.25) is 4.98 Å². The first-order chi connectivity index (χ1) is 17.4. The summed E-state index contributed by atoms with van der Waals surface area (Å²) in [5.41, 5.74) is 6.27. The number of anilines is 1.